The molecule has 1 aliphatic heterocycles. The smallest absolute Gasteiger partial charge is 0.245 e. The number of rotatable bonds is 8. The van der Waals surface area contributed by atoms with Gasteiger partial charge in [0.1, 0.15) is 6.04 Å². The molecule has 28 heavy (non-hydrogen) atoms. The summed E-state index contributed by atoms with van der Waals surface area (Å²) in [6.45, 7) is 3.94. The van der Waals surface area contributed by atoms with Crippen LogP contribution in [0.4, 0.5) is 0 Å². The summed E-state index contributed by atoms with van der Waals surface area (Å²) in [4.78, 5) is 27.8. The minimum Gasteiger partial charge on any atom is -0.394 e. The Kier molecular flexibility index (Phi) is 7.42. The van der Waals surface area contributed by atoms with Gasteiger partial charge in [-0.05, 0) is 18.4 Å². The highest BCUT2D eigenvalue weighted by molar-refractivity contribution is 5.93. The molecule has 1 aromatic rings. The Morgan fingerprint density at radius 2 is 1.82 bits per heavy atom. The quantitative estimate of drug-likeness (QED) is 0.600. The van der Waals surface area contributed by atoms with Crippen LogP contribution in [0.2, 0.25) is 0 Å². The number of aliphatic hydroxyl groups excluding tert-OH is 1. The lowest BCUT2D eigenvalue weighted by atomic mass is 9.78. The summed E-state index contributed by atoms with van der Waals surface area (Å²) >= 11 is 0. The van der Waals surface area contributed by atoms with Crippen molar-refractivity contribution in [2.45, 2.75) is 37.1 Å². The Balaban J connectivity index is 1.56. The fraction of sp³-hybridized carbons (Fsp3) is 0.619. The monoisotopic (exact) mass is 389 g/mol. The van der Waals surface area contributed by atoms with Crippen LogP contribution in [0, 0.1) is 0 Å². The molecular weight excluding hydrogens is 358 g/mol. The first-order valence-electron chi connectivity index (χ1n) is 10.2. The second-order valence-corrected chi connectivity index (χ2v) is 7.61. The molecule has 1 heterocycles. The normalized spacial score (nSPS) is 20.5. The Hall–Kier alpha value is -1.96. The van der Waals surface area contributed by atoms with Crippen LogP contribution in [0.3, 0.4) is 0 Å². The zero-order valence-corrected chi connectivity index (χ0v) is 16.4. The molecule has 0 unspecified atom stereocenters. The number of nitrogens with zero attached hydrogens (tertiary/aromatic N) is 1. The van der Waals surface area contributed by atoms with E-state index in [1.165, 1.54) is 0 Å². The van der Waals surface area contributed by atoms with E-state index in [4.69, 9.17) is 4.74 Å². The number of nitrogens with one attached hydrogen (secondary N) is 2. The largest absolute Gasteiger partial charge is 0.394 e. The van der Waals surface area contributed by atoms with Gasteiger partial charge in [-0.2, -0.15) is 0 Å². The number of ether oxygens (including phenoxy) is 1. The molecule has 2 aliphatic rings. The average molecular weight is 389 g/mol. The molecule has 1 saturated heterocycles. The molecule has 3 N–H and O–H groups in total. The van der Waals surface area contributed by atoms with Crippen LogP contribution in [0.5, 0.6) is 0 Å². The molecular formula is C21H31N3O4. The van der Waals surface area contributed by atoms with Gasteiger partial charge in [-0.3, -0.25) is 14.5 Å². The van der Waals surface area contributed by atoms with Gasteiger partial charge in [0.2, 0.25) is 11.8 Å². The Labute approximate surface area is 166 Å². The number of morpholine rings is 1. The maximum atomic E-state index is 13.1. The van der Waals surface area contributed by atoms with E-state index in [0.717, 1.165) is 50.9 Å². The summed E-state index contributed by atoms with van der Waals surface area (Å²) in [5.41, 5.74) is 0.373. The van der Waals surface area contributed by atoms with Crippen LogP contribution in [-0.2, 0) is 19.7 Å². The number of benzene rings is 1. The van der Waals surface area contributed by atoms with Crippen LogP contribution >= 0.6 is 0 Å². The van der Waals surface area contributed by atoms with Gasteiger partial charge in [0.25, 0.3) is 0 Å². The van der Waals surface area contributed by atoms with Crippen molar-refractivity contribution in [3.05, 3.63) is 35.9 Å². The highest BCUT2D eigenvalue weighted by Gasteiger charge is 2.43. The molecule has 0 spiro atoms. The first-order valence-corrected chi connectivity index (χ1v) is 10.2. The van der Waals surface area contributed by atoms with E-state index in [0.29, 0.717) is 19.8 Å². The summed E-state index contributed by atoms with van der Waals surface area (Å²) < 4.78 is 5.31. The average Bonchev–Trinajstić information content (AvgIpc) is 3.24. The minimum atomic E-state index is -0.932. The standard InChI is InChI=1S/C21H31N3O4/c25-16-18(19(26)22-10-11-24-12-14-28-15-13-24)23-20(27)21(8-4-5-9-21)17-6-2-1-3-7-17/h1-3,6-7,18,25H,4-5,8-16H2,(H,22,26)(H,23,27)/t18-/m0/s1. The Morgan fingerprint density at radius 3 is 2.46 bits per heavy atom. The molecule has 1 atom stereocenters. The van der Waals surface area contributed by atoms with Crippen molar-refractivity contribution in [2.24, 2.45) is 0 Å². The molecule has 7 heteroatoms. The second kappa shape index (κ2) is 10.0. The fourth-order valence-electron chi connectivity index (χ4n) is 4.16. The first kappa shape index (κ1) is 20.8. The van der Waals surface area contributed by atoms with Crippen molar-refractivity contribution in [1.82, 2.24) is 15.5 Å². The topological polar surface area (TPSA) is 90.9 Å². The summed E-state index contributed by atoms with van der Waals surface area (Å²) in [5.74, 6) is -0.510. The third kappa shape index (κ3) is 4.90. The number of carbonyl (C=O) groups is 2. The van der Waals surface area contributed by atoms with Crippen LogP contribution < -0.4 is 10.6 Å². The van der Waals surface area contributed by atoms with E-state index in [1.807, 2.05) is 30.3 Å². The van der Waals surface area contributed by atoms with Crippen LogP contribution in [0.25, 0.3) is 0 Å². The molecule has 2 fully saturated rings. The number of aliphatic hydroxyl groups is 1. The SMILES string of the molecule is O=C(NCCN1CCOCC1)[C@H](CO)NC(=O)C1(c2ccccc2)CCCC1. The number of carbonyl (C=O) groups excluding carboxylic acids is 2. The molecule has 2 amide bonds. The van der Waals surface area contributed by atoms with Crippen molar-refractivity contribution in [3.8, 4) is 0 Å². The molecule has 1 saturated carbocycles. The van der Waals surface area contributed by atoms with Gasteiger partial charge in [-0.1, -0.05) is 43.2 Å². The molecule has 3 rings (SSSR count). The van der Waals surface area contributed by atoms with E-state index in [2.05, 4.69) is 15.5 Å². The predicted molar refractivity (Wildman–Crippen MR) is 106 cm³/mol. The van der Waals surface area contributed by atoms with Gasteiger partial charge >= 0.3 is 0 Å². The Bertz CT molecular complexity index is 640. The second-order valence-electron chi connectivity index (χ2n) is 7.61. The van der Waals surface area contributed by atoms with Gasteiger partial charge in [0, 0.05) is 26.2 Å². The van der Waals surface area contributed by atoms with E-state index < -0.39 is 18.1 Å². The van der Waals surface area contributed by atoms with Gasteiger partial charge in [-0.15, -0.1) is 0 Å². The van der Waals surface area contributed by atoms with Crippen LogP contribution in [0.15, 0.2) is 30.3 Å². The summed E-state index contributed by atoms with van der Waals surface area (Å²) in [5, 5.41) is 15.3. The van der Waals surface area contributed by atoms with Crippen molar-refractivity contribution < 1.29 is 19.4 Å². The zero-order valence-electron chi connectivity index (χ0n) is 16.4. The van der Waals surface area contributed by atoms with Crippen molar-refractivity contribution in [1.29, 1.82) is 0 Å². The highest BCUT2D eigenvalue weighted by atomic mass is 16.5. The van der Waals surface area contributed by atoms with Gasteiger partial charge in [0.15, 0.2) is 0 Å². The lowest BCUT2D eigenvalue weighted by Gasteiger charge is -2.30. The molecule has 0 aromatic heterocycles. The maximum absolute atomic E-state index is 13.1. The fourth-order valence-corrected chi connectivity index (χ4v) is 4.16. The zero-order chi connectivity index (χ0) is 19.8. The molecule has 1 aliphatic carbocycles. The van der Waals surface area contributed by atoms with Crippen molar-refractivity contribution in [2.75, 3.05) is 46.0 Å². The molecule has 0 radical (unpaired) electrons. The molecule has 0 bridgehead atoms. The van der Waals surface area contributed by atoms with Crippen LogP contribution in [-0.4, -0.2) is 73.9 Å². The number of hydrogen-bond acceptors (Lipinski definition) is 5. The van der Waals surface area contributed by atoms with E-state index in [-0.39, 0.29) is 11.8 Å². The predicted octanol–water partition coefficient (Wildman–Crippen LogP) is 0.424. The maximum Gasteiger partial charge on any atom is 0.245 e. The summed E-state index contributed by atoms with van der Waals surface area (Å²) in [7, 11) is 0. The molecule has 7 nitrogen and oxygen atoms in total. The van der Waals surface area contributed by atoms with E-state index >= 15 is 0 Å². The number of amides is 2. The van der Waals surface area contributed by atoms with Gasteiger partial charge in [-0.25, -0.2) is 0 Å². The third-order valence-corrected chi connectivity index (χ3v) is 5.85. The lowest BCUT2D eigenvalue weighted by Crippen LogP contribution is -2.54. The van der Waals surface area contributed by atoms with E-state index in [9.17, 15) is 14.7 Å². The van der Waals surface area contributed by atoms with Crippen molar-refractivity contribution in [3.63, 3.8) is 0 Å². The number of hydrogen-bond donors (Lipinski definition) is 3. The van der Waals surface area contributed by atoms with Crippen molar-refractivity contribution >= 4 is 11.8 Å². The minimum absolute atomic E-state index is 0.168. The summed E-state index contributed by atoms with van der Waals surface area (Å²) in [6.07, 6.45) is 3.50. The van der Waals surface area contributed by atoms with Gasteiger partial charge in [0.05, 0.1) is 25.2 Å². The highest BCUT2D eigenvalue weighted by Crippen LogP contribution is 2.41. The molecule has 154 valence electrons. The summed E-state index contributed by atoms with van der Waals surface area (Å²) in [6, 6.07) is 8.82. The van der Waals surface area contributed by atoms with Crippen LogP contribution in [0.1, 0.15) is 31.2 Å². The lowest BCUT2D eigenvalue weighted by molar-refractivity contribution is -0.133. The third-order valence-electron chi connectivity index (χ3n) is 5.85. The van der Waals surface area contributed by atoms with Gasteiger partial charge < -0.3 is 20.5 Å². The first-order chi connectivity index (χ1) is 13.7. The Morgan fingerprint density at radius 1 is 1.14 bits per heavy atom. The van der Waals surface area contributed by atoms with E-state index in [1.54, 1.807) is 0 Å². The molecule has 1 aromatic carbocycles.